The Morgan fingerprint density at radius 3 is 2.77 bits per heavy atom. The molecule has 1 aromatic carbocycles. The number of fused-ring (bicyclic) bond motifs is 1. The second-order valence-corrected chi connectivity index (χ2v) is 6.52. The van der Waals surface area contributed by atoms with Gasteiger partial charge in [0.2, 0.25) is 0 Å². The summed E-state index contributed by atoms with van der Waals surface area (Å²) in [5.74, 6) is 0.797. The van der Waals surface area contributed by atoms with Crippen LogP contribution in [0.3, 0.4) is 0 Å². The van der Waals surface area contributed by atoms with Crippen molar-refractivity contribution in [3.05, 3.63) is 30.0 Å². The zero-order valence-electron chi connectivity index (χ0n) is 13.9. The number of anilines is 1. The number of nitrogens with one attached hydrogen (secondary N) is 1. The third-order valence-corrected chi connectivity index (χ3v) is 3.92. The Hall–Kier alpha value is -1.81. The van der Waals surface area contributed by atoms with Crippen molar-refractivity contribution >= 4 is 16.6 Å². The molecule has 2 N–H and O–H groups in total. The average molecular weight is 302 g/mol. The van der Waals surface area contributed by atoms with E-state index in [2.05, 4.69) is 36.3 Å². The van der Waals surface area contributed by atoms with E-state index in [0.717, 1.165) is 47.4 Å². The highest BCUT2D eigenvalue weighted by Gasteiger charge is 2.15. The Kier molecular flexibility index (Phi) is 5.24. The van der Waals surface area contributed by atoms with Crippen LogP contribution in [0, 0.1) is 12.3 Å². The molecule has 0 saturated carbocycles. The monoisotopic (exact) mass is 302 g/mol. The van der Waals surface area contributed by atoms with Gasteiger partial charge in [-0.2, -0.15) is 0 Å². The van der Waals surface area contributed by atoms with Crippen molar-refractivity contribution in [1.29, 1.82) is 0 Å². The summed E-state index contributed by atoms with van der Waals surface area (Å²) >= 11 is 0. The van der Waals surface area contributed by atoms with Gasteiger partial charge in [0, 0.05) is 29.9 Å². The van der Waals surface area contributed by atoms with Gasteiger partial charge in [0.05, 0.1) is 7.11 Å². The molecule has 4 nitrogen and oxygen atoms in total. The molecule has 22 heavy (non-hydrogen) atoms. The van der Waals surface area contributed by atoms with Crippen molar-refractivity contribution in [2.45, 2.75) is 33.6 Å². The second kappa shape index (κ2) is 6.97. The van der Waals surface area contributed by atoms with Crippen molar-refractivity contribution in [3.8, 4) is 5.75 Å². The van der Waals surface area contributed by atoms with Gasteiger partial charge in [-0.3, -0.25) is 0 Å². The third kappa shape index (κ3) is 3.89. The van der Waals surface area contributed by atoms with Crippen LogP contribution in [0.15, 0.2) is 24.3 Å². The predicted molar refractivity (Wildman–Crippen MR) is 91.6 cm³/mol. The molecule has 1 aromatic heterocycles. The number of aromatic nitrogens is 1. The van der Waals surface area contributed by atoms with Crippen molar-refractivity contribution < 1.29 is 9.84 Å². The molecule has 2 rings (SSSR count). The number of rotatable bonds is 7. The summed E-state index contributed by atoms with van der Waals surface area (Å²) in [6.45, 7) is 7.26. The lowest BCUT2D eigenvalue weighted by atomic mass is 9.89. The maximum atomic E-state index is 9.30. The molecule has 0 atom stereocenters. The average Bonchev–Trinajstić information content (AvgIpc) is 2.50. The van der Waals surface area contributed by atoms with E-state index < -0.39 is 0 Å². The molecule has 0 fully saturated rings. The van der Waals surface area contributed by atoms with E-state index in [4.69, 9.17) is 4.74 Å². The highest BCUT2D eigenvalue weighted by molar-refractivity contribution is 5.95. The fourth-order valence-corrected chi connectivity index (χ4v) is 2.53. The topological polar surface area (TPSA) is 54.4 Å². The first kappa shape index (κ1) is 16.6. The van der Waals surface area contributed by atoms with Crippen LogP contribution in [-0.4, -0.2) is 30.4 Å². The van der Waals surface area contributed by atoms with Crippen LogP contribution >= 0.6 is 0 Å². The third-order valence-electron chi connectivity index (χ3n) is 3.92. The molecule has 0 aliphatic carbocycles. The van der Waals surface area contributed by atoms with Crippen LogP contribution in [0.4, 0.5) is 5.69 Å². The predicted octanol–water partition coefficient (Wildman–Crippen LogP) is 3.76. The summed E-state index contributed by atoms with van der Waals surface area (Å²) in [5, 5.41) is 13.9. The molecule has 0 aliphatic heterocycles. The fourth-order valence-electron chi connectivity index (χ4n) is 2.53. The van der Waals surface area contributed by atoms with Crippen LogP contribution < -0.4 is 10.1 Å². The summed E-state index contributed by atoms with van der Waals surface area (Å²) in [5.41, 5.74) is 2.93. The Morgan fingerprint density at radius 2 is 2.09 bits per heavy atom. The Labute approximate surface area is 132 Å². The van der Waals surface area contributed by atoms with Crippen molar-refractivity contribution in [3.63, 3.8) is 0 Å². The highest BCUT2D eigenvalue weighted by Crippen LogP contribution is 2.30. The Bertz CT molecular complexity index is 638. The van der Waals surface area contributed by atoms with Gasteiger partial charge in [-0.05, 0) is 37.3 Å². The number of aryl methyl sites for hydroxylation is 1. The highest BCUT2D eigenvalue weighted by atomic mass is 16.5. The molecule has 1 heterocycles. The molecule has 0 aliphatic rings. The van der Waals surface area contributed by atoms with Gasteiger partial charge in [-0.25, -0.2) is 4.98 Å². The molecule has 0 saturated heterocycles. The molecule has 4 heteroatoms. The summed E-state index contributed by atoms with van der Waals surface area (Å²) < 4.78 is 5.40. The van der Waals surface area contributed by atoms with Crippen LogP contribution in [0.1, 0.15) is 32.4 Å². The van der Waals surface area contributed by atoms with Gasteiger partial charge in [0.25, 0.3) is 0 Å². The summed E-state index contributed by atoms with van der Waals surface area (Å²) in [6.07, 6.45) is 2.00. The van der Waals surface area contributed by atoms with Crippen molar-refractivity contribution in [1.82, 2.24) is 4.98 Å². The van der Waals surface area contributed by atoms with Gasteiger partial charge in [-0.15, -0.1) is 0 Å². The van der Waals surface area contributed by atoms with Gasteiger partial charge >= 0.3 is 0 Å². The minimum absolute atomic E-state index is 0.0128. The molecule has 120 valence electrons. The number of nitrogens with zero attached hydrogens (tertiary/aromatic N) is 1. The number of hydrogen-bond acceptors (Lipinski definition) is 4. The van der Waals surface area contributed by atoms with Crippen molar-refractivity contribution in [2.75, 3.05) is 25.6 Å². The van der Waals surface area contributed by atoms with Crippen LogP contribution in [0.2, 0.25) is 0 Å². The molecule has 0 amide bonds. The molecule has 2 aromatic rings. The number of aliphatic hydroxyl groups is 1. The molecule has 0 bridgehead atoms. The maximum Gasteiger partial charge on any atom is 0.145 e. The summed E-state index contributed by atoms with van der Waals surface area (Å²) in [6, 6.07) is 8.05. The summed E-state index contributed by atoms with van der Waals surface area (Å²) in [7, 11) is 1.67. The molecule has 0 unspecified atom stereocenters. The van der Waals surface area contributed by atoms with Crippen LogP contribution in [0.5, 0.6) is 5.75 Å². The molecule has 0 spiro atoms. The van der Waals surface area contributed by atoms with E-state index in [1.165, 1.54) is 0 Å². The van der Waals surface area contributed by atoms with Gasteiger partial charge in [0.15, 0.2) is 0 Å². The number of ether oxygens (including phenoxy) is 1. The van der Waals surface area contributed by atoms with E-state index in [-0.39, 0.29) is 12.0 Å². The lowest BCUT2D eigenvalue weighted by molar-refractivity contribution is 0.149. The number of methoxy groups -OCH3 is 1. The number of para-hydroxylation sites is 1. The van der Waals surface area contributed by atoms with Crippen LogP contribution in [0.25, 0.3) is 10.9 Å². The Balaban J connectivity index is 2.14. The van der Waals surface area contributed by atoms with Crippen LogP contribution in [-0.2, 0) is 0 Å². The molecular weight excluding hydrogens is 276 g/mol. The van der Waals surface area contributed by atoms with E-state index in [0.29, 0.717) is 0 Å². The van der Waals surface area contributed by atoms with Gasteiger partial charge in [0.1, 0.15) is 11.3 Å². The molecular formula is C18H26N2O2. The normalized spacial score (nSPS) is 11.7. The minimum atomic E-state index is -0.0128. The maximum absolute atomic E-state index is 9.30. The number of benzene rings is 1. The van der Waals surface area contributed by atoms with Crippen molar-refractivity contribution in [2.24, 2.45) is 5.41 Å². The largest absolute Gasteiger partial charge is 0.494 e. The fraction of sp³-hybridized carbons (Fsp3) is 0.500. The second-order valence-electron chi connectivity index (χ2n) is 6.52. The number of aliphatic hydroxyl groups excluding tert-OH is 1. The first-order chi connectivity index (χ1) is 10.5. The summed E-state index contributed by atoms with van der Waals surface area (Å²) in [4.78, 5) is 4.59. The first-order valence-electron chi connectivity index (χ1n) is 7.76. The standard InChI is InChI=1S/C18H26N2O2/c1-13-11-15(19-10-6-9-18(2,3)12-21)14-7-5-8-16(22-4)17(14)20-13/h5,7-8,11,21H,6,9-10,12H2,1-4H3,(H,19,20). The number of hydrogen-bond donors (Lipinski definition) is 2. The number of pyridine rings is 1. The lowest BCUT2D eigenvalue weighted by Gasteiger charge is -2.21. The van der Waals surface area contributed by atoms with E-state index >= 15 is 0 Å². The van der Waals surface area contributed by atoms with Gasteiger partial charge in [-0.1, -0.05) is 26.0 Å². The quantitative estimate of drug-likeness (QED) is 0.765. The van der Waals surface area contributed by atoms with E-state index in [9.17, 15) is 5.11 Å². The van der Waals surface area contributed by atoms with Gasteiger partial charge < -0.3 is 15.2 Å². The SMILES string of the molecule is COc1cccc2c(NCCCC(C)(C)CO)cc(C)nc12. The zero-order chi connectivity index (χ0) is 16.2. The van der Waals surface area contributed by atoms with E-state index in [1.807, 2.05) is 19.1 Å². The van der Waals surface area contributed by atoms with E-state index in [1.54, 1.807) is 7.11 Å². The minimum Gasteiger partial charge on any atom is -0.494 e. The zero-order valence-corrected chi connectivity index (χ0v) is 13.9. The Morgan fingerprint density at radius 1 is 1.32 bits per heavy atom. The lowest BCUT2D eigenvalue weighted by Crippen LogP contribution is -2.18. The first-order valence-corrected chi connectivity index (χ1v) is 7.76. The smallest absolute Gasteiger partial charge is 0.145 e. The molecule has 0 radical (unpaired) electrons.